The molecule has 0 saturated heterocycles. The first-order valence-corrected chi connectivity index (χ1v) is 6.31. The zero-order chi connectivity index (χ0) is 13.9. The van der Waals surface area contributed by atoms with Crippen LogP contribution in [-0.4, -0.2) is 24.9 Å². The van der Waals surface area contributed by atoms with Gasteiger partial charge in [-0.1, -0.05) is 18.2 Å². The number of aromatic nitrogens is 4. The van der Waals surface area contributed by atoms with Gasteiger partial charge in [0.15, 0.2) is 11.9 Å². The minimum atomic E-state index is -0.904. The minimum absolute atomic E-state index is 0.369. The minimum Gasteiger partial charge on any atom is -0.379 e. The van der Waals surface area contributed by atoms with E-state index in [1.165, 1.54) is 0 Å². The van der Waals surface area contributed by atoms with E-state index in [0.717, 1.165) is 11.3 Å². The lowest BCUT2D eigenvalue weighted by atomic mass is 10.2. The van der Waals surface area contributed by atoms with Crippen molar-refractivity contribution in [3.05, 3.63) is 72.1 Å². The van der Waals surface area contributed by atoms with Gasteiger partial charge < -0.3 is 5.11 Å². The molecule has 1 unspecified atom stereocenters. The molecule has 0 aliphatic heterocycles. The Bertz CT molecular complexity index is 691. The van der Waals surface area contributed by atoms with Crippen molar-refractivity contribution in [2.45, 2.75) is 13.0 Å². The molecule has 0 spiro atoms. The van der Waals surface area contributed by atoms with Gasteiger partial charge in [0.05, 0.1) is 11.4 Å². The van der Waals surface area contributed by atoms with Gasteiger partial charge in [-0.2, -0.15) is 5.10 Å². The van der Waals surface area contributed by atoms with Crippen LogP contribution in [0.15, 0.2) is 55.0 Å². The number of benzene rings is 1. The summed E-state index contributed by atoms with van der Waals surface area (Å²) in [6.07, 6.45) is 4.13. The smallest absolute Gasteiger partial charge is 0.163 e. The molecule has 3 aromatic rings. The molecule has 0 saturated carbocycles. The number of para-hydroxylation sites is 1. The van der Waals surface area contributed by atoms with Crippen LogP contribution < -0.4 is 0 Å². The molecule has 3 rings (SSSR count). The molecule has 20 heavy (non-hydrogen) atoms. The molecule has 0 aliphatic rings. The quantitative estimate of drug-likeness (QED) is 0.788. The molecule has 1 aromatic carbocycles. The Hall–Kier alpha value is -2.53. The molecule has 0 fully saturated rings. The molecule has 5 nitrogen and oxygen atoms in total. The van der Waals surface area contributed by atoms with Crippen molar-refractivity contribution < 1.29 is 5.11 Å². The molecule has 0 radical (unpaired) electrons. The maximum absolute atomic E-state index is 10.4. The number of aliphatic hydroxyl groups excluding tert-OH is 1. The molecule has 1 atom stereocenters. The van der Waals surface area contributed by atoms with Crippen molar-refractivity contribution in [2.24, 2.45) is 0 Å². The van der Waals surface area contributed by atoms with Crippen molar-refractivity contribution in [1.29, 1.82) is 0 Å². The Labute approximate surface area is 116 Å². The van der Waals surface area contributed by atoms with Crippen molar-refractivity contribution in [3.63, 3.8) is 0 Å². The Morgan fingerprint density at radius 3 is 2.45 bits per heavy atom. The van der Waals surface area contributed by atoms with Crippen molar-refractivity contribution >= 4 is 0 Å². The van der Waals surface area contributed by atoms with Crippen LogP contribution in [0.5, 0.6) is 0 Å². The largest absolute Gasteiger partial charge is 0.379 e. The summed E-state index contributed by atoms with van der Waals surface area (Å²) < 4.78 is 1.69. The second-order valence-electron chi connectivity index (χ2n) is 4.52. The second-order valence-corrected chi connectivity index (χ2v) is 4.52. The third-order valence-electron chi connectivity index (χ3n) is 3.00. The fourth-order valence-electron chi connectivity index (χ4n) is 1.98. The Morgan fingerprint density at radius 2 is 1.75 bits per heavy atom. The zero-order valence-corrected chi connectivity index (χ0v) is 11.0. The predicted octanol–water partition coefficient (Wildman–Crippen LogP) is 2.05. The van der Waals surface area contributed by atoms with Crippen LogP contribution in [-0.2, 0) is 0 Å². The topological polar surface area (TPSA) is 63.8 Å². The van der Waals surface area contributed by atoms with E-state index >= 15 is 0 Å². The SMILES string of the molecule is Cc1cnc(C(O)c2ccnn2-c2ccccc2)nc1. The van der Waals surface area contributed by atoms with Crippen LogP contribution in [0, 0.1) is 6.92 Å². The molecule has 5 heteroatoms. The molecule has 2 aromatic heterocycles. The molecular formula is C15H14N4O. The average Bonchev–Trinajstić information content (AvgIpc) is 2.97. The number of hydrogen-bond acceptors (Lipinski definition) is 4. The lowest BCUT2D eigenvalue weighted by molar-refractivity contribution is 0.201. The van der Waals surface area contributed by atoms with Crippen molar-refractivity contribution in [1.82, 2.24) is 19.7 Å². The van der Waals surface area contributed by atoms with E-state index in [9.17, 15) is 5.11 Å². The molecular weight excluding hydrogens is 252 g/mol. The maximum Gasteiger partial charge on any atom is 0.163 e. The first-order valence-electron chi connectivity index (χ1n) is 6.31. The van der Waals surface area contributed by atoms with Crippen LogP contribution in [0.4, 0.5) is 0 Å². The molecule has 0 aliphatic carbocycles. The summed E-state index contributed by atoms with van der Waals surface area (Å²) in [5.74, 6) is 0.369. The van der Waals surface area contributed by atoms with E-state index in [1.54, 1.807) is 29.3 Å². The number of aliphatic hydroxyl groups is 1. The van der Waals surface area contributed by atoms with E-state index in [2.05, 4.69) is 15.1 Å². The fourth-order valence-corrected chi connectivity index (χ4v) is 1.98. The standard InChI is InChI=1S/C15H14N4O/c1-11-9-16-15(17-10-11)14(20)13-7-8-18-19(13)12-5-3-2-4-6-12/h2-10,14,20H,1H3. The third kappa shape index (κ3) is 2.31. The van der Waals surface area contributed by atoms with Crippen LogP contribution in [0.25, 0.3) is 5.69 Å². The van der Waals surface area contributed by atoms with Crippen LogP contribution >= 0.6 is 0 Å². The van der Waals surface area contributed by atoms with E-state index in [1.807, 2.05) is 37.3 Å². The van der Waals surface area contributed by atoms with E-state index in [4.69, 9.17) is 0 Å². The van der Waals surface area contributed by atoms with Crippen LogP contribution in [0.1, 0.15) is 23.2 Å². The van der Waals surface area contributed by atoms with Gasteiger partial charge in [-0.3, -0.25) is 0 Å². The number of rotatable bonds is 3. The molecule has 0 bridgehead atoms. The second kappa shape index (κ2) is 5.22. The lowest BCUT2D eigenvalue weighted by Gasteiger charge is -2.12. The Kier molecular flexibility index (Phi) is 3.26. The van der Waals surface area contributed by atoms with Crippen molar-refractivity contribution in [2.75, 3.05) is 0 Å². The highest BCUT2D eigenvalue weighted by atomic mass is 16.3. The van der Waals surface area contributed by atoms with Gasteiger partial charge >= 0.3 is 0 Å². The summed E-state index contributed by atoms with van der Waals surface area (Å²) >= 11 is 0. The summed E-state index contributed by atoms with van der Waals surface area (Å²) in [7, 11) is 0. The predicted molar refractivity (Wildman–Crippen MR) is 74.4 cm³/mol. The van der Waals surface area contributed by atoms with Crippen LogP contribution in [0.3, 0.4) is 0 Å². The highest BCUT2D eigenvalue weighted by Crippen LogP contribution is 2.21. The van der Waals surface area contributed by atoms with E-state index in [-0.39, 0.29) is 0 Å². The fraction of sp³-hybridized carbons (Fsp3) is 0.133. The molecule has 2 heterocycles. The summed E-state index contributed by atoms with van der Waals surface area (Å²) in [4.78, 5) is 8.33. The molecule has 1 N–H and O–H groups in total. The summed E-state index contributed by atoms with van der Waals surface area (Å²) in [6, 6.07) is 11.4. The van der Waals surface area contributed by atoms with Gasteiger partial charge in [-0.15, -0.1) is 0 Å². The number of hydrogen-bond donors (Lipinski definition) is 1. The third-order valence-corrected chi connectivity index (χ3v) is 3.00. The van der Waals surface area contributed by atoms with Crippen LogP contribution in [0.2, 0.25) is 0 Å². The van der Waals surface area contributed by atoms with Gasteiger partial charge in [0.2, 0.25) is 0 Å². The lowest BCUT2D eigenvalue weighted by Crippen LogP contribution is -2.11. The van der Waals surface area contributed by atoms with E-state index in [0.29, 0.717) is 11.5 Å². The highest BCUT2D eigenvalue weighted by Gasteiger charge is 2.18. The monoisotopic (exact) mass is 266 g/mol. The maximum atomic E-state index is 10.4. The van der Waals surface area contributed by atoms with Gasteiger partial charge in [0, 0.05) is 18.6 Å². The highest BCUT2D eigenvalue weighted by molar-refractivity contribution is 5.33. The molecule has 0 amide bonds. The van der Waals surface area contributed by atoms with Gasteiger partial charge in [-0.05, 0) is 30.7 Å². The van der Waals surface area contributed by atoms with Gasteiger partial charge in [0.1, 0.15) is 0 Å². The number of aryl methyl sites for hydroxylation is 1. The Morgan fingerprint density at radius 1 is 1.05 bits per heavy atom. The summed E-state index contributed by atoms with van der Waals surface area (Å²) in [5, 5.41) is 14.7. The zero-order valence-electron chi connectivity index (χ0n) is 11.0. The number of nitrogens with zero attached hydrogens (tertiary/aromatic N) is 4. The van der Waals surface area contributed by atoms with Gasteiger partial charge in [0.25, 0.3) is 0 Å². The van der Waals surface area contributed by atoms with Gasteiger partial charge in [-0.25, -0.2) is 14.6 Å². The first kappa shape index (κ1) is 12.5. The average molecular weight is 266 g/mol. The molecule has 100 valence electrons. The van der Waals surface area contributed by atoms with E-state index < -0.39 is 6.10 Å². The summed E-state index contributed by atoms with van der Waals surface area (Å²) in [6.45, 7) is 1.91. The summed E-state index contributed by atoms with van der Waals surface area (Å²) in [5.41, 5.74) is 2.48. The first-order chi connectivity index (χ1) is 9.75. The van der Waals surface area contributed by atoms with Crippen molar-refractivity contribution in [3.8, 4) is 5.69 Å². The Balaban J connectivity index is 1.99. The normalized spacial score (nSPS) is 12.3.